The summed E-state index contributed by atoms with van der Waals surface area (Å²) in [5, 5.41) is 14.3. The monoisotopic (exact) mass is 258 g/mol. The van der Waals surface area contributed by atoms with Gasteiger partial charge in [-0.05, 0) is 17.1 Å². The summed E-state index contributed by atoms with van der Waals surface area (Å²) < 4.78 is 6.15. The second-order valence-corrected chi connectivity index (χ2v) is 3.29. The highest BCUT2D eigenvalue weighted by Gasteiger charge is 2.21. The molecule has 10 heteroatoms. The van der Waals surface area contributed by atoms with E-state index in [1.165, 1.54) is 18.7 Å². The molecule has 0 aromatic carbocycles. The van der Waals surface area contributed by atoms with Crippen molar-refractivity contribution in [1.82, 2.24) is 15.0 Å². The van der Waals surface area contributed by atoms with Crippen molar-refractivity contribution in [2.24, 2.45) is 17.9 Å². The summed E-state index contributed by atoms with van der Waals surface area (Å²) in [4.78, 5) is 13.9. The van der Waals surface area contributed by atoms with Gasteiger partial charge in [-0.3, -0.25) is 5.43 Å². The van der Waals surface area contributed by atoms with E-state index in [1.54, 1.807) is 0 Å². The van der Waals surface area contributed by atoms with Crippen molar-refractivity contribution in [3.05, 3.63) is 22.1 Å². The zero-order valence-electron chi connectivity index (χ0n) is 9.08. The van der Waals surface area contributed by atoms with Gasteiger partial charge in [0.1, 0.15) is 6.20 Å². The predicted octanol–water partition coefficient (Wildman–Crippen LogP) is -0.531. The Labute approximate surface area is 101 Å². The average molecular weight is 258 g/mol. The third-order valence-corrected chi connectivity index (χ3v) is 1.89. The quantitative estimate of drug-likeness (QED) is 0.246. The van der Waals surface area contributed by atoms with Gasteiger partial charge >= 0.3 is 5.82 Å². The van der Waals surface area contributed by atoms with Crippen LogP contribution in [0.5, 0.6) is 0 Å². The van der Waals surface area contributed by atoms with Crippen LogP contribution >= 0.6 is 12.2 Å². The SMILES string of the molecule is COC(=NNC(N)=S)c1ncc([N+](=O)[O-])n1C. The fourth-order valence-corrected chi connectivity index (χ4v) is 1.11. The lowest BCUT2D eigenvalue weighted by atomic mass is 10.6. The predicted molar refractivity (Wildman–Crippen MR) is 63.3 cm³/mol. The molecule has 0 atom stereocenters. The smallest absolute Gasteiger partial charge is 0.343 e. The Morgan fingerprint density at radius 1 is 1.82 bits per heavy atom. The number of ether oxygens (including phenoxy) is 1. The van der Waals surface area contributed by atoms with Crippen LogP contribution in [-0.4, -0.2) is 32.6 Å². The average Bonchev–Trinajstić information content (AvgIpc) is 2.61. The number of nitrogens with one attached hydrogen (secondary N) is 1. The van der Waals surface area contributed by atoms with E-state index in [4.69, 9.17) is 10.5 Å². The minimum Gasteiger partial charge on any atom is -0.476 e. The van der Waals surface area contributed by atoms with Crippen LogP contribution < -0.4 is 11.2 Å². The molecule has 1 aromatic heterocycles. The zero-order valence-corrected chi connectivity index (χ0v) is 9.89. The minimum absolute atomic E-state index is 0.0356. The van der Waals surface area contributed by atoms with Crippen LogP contribution in [0.3, 0.4) is 0 Å². The lowest BCUT2D eigenvalue weighted by molar-refractivity contribution is -0.391. The number of nitro groups is 1. The van der Waals surface area contributed by atoms with E-state index in [2.05, 4.69) is 27.7 Å². The number of hydrogen-bond acceptors (Lipinski definition) is 6. The summed E-state index contributed by atoms with van der Waals surface area (Å²) >= 11 is 4.56. The molecule has 92 valence electrons. The van der Waals surface area contributed by atoms with Gasteiger partial charge in [-0.1, -0.05) is 0 Å². The largest absolute Gasteiger partial charge is 0.476 e. The second kappa shape index (κ2) is 5.21. The van der Waals surface area contributed by atoms with Gasteiger partial charge in [0.15, 0.2) is 5.11 Å². The summed E-state index contributed by atoms with van der Waals surface area (Å²) in [6, 6.07) is 0. The van der Waals surface area contributed by atoms with E-state index in [-0.39, 0.29) is 22.7 Å². The molecule has 9 nitrogen and oxygen atoms in total. The molecular formula is C7H10N6O3S. The Kier molecular flexibility index (Phi) is 3.93. The molecule has 0 aliphatic heterocycles. The van der Waals surface area contributed by atoms with E-state index >= 15 is 0 Å². The highest BCUT2D eigenvalue weighted by atomic mass is 32.1. The lowest BCUT2D eigenvalue weighted by Gasteiger charge is -2.02. The summed E-state index contributed by atoms with van der Waals surface area (Å²) in [6.45, 7) is 0. The van der Waals surface area contributed by atoms with Crippen LogP contribution in [0.25, 0.3) is 0 Å². The number of hydrogen-bond donors (Lipinski definition) is 2. The molecule has 1 aromatic rings. The first-order valence-corrected chi connectivity index (χ1v) is 4.71. The third-order valence-electron chi connectivity index (χ3n) is 1.80. The second-order valence-electron chi connectivity index (χ2n) is 2.85. The number of nitrogens with zero attached hydrogens (tertiary/aromatic N) is 4. The molecule has 0 unspecified atom stereocenters. The summed E-state index contributed by atoms with van der Waals surface area (Å²) in [6.07, 6.45) is 1.10. The van der Waals surface area contributed by atoms with Crippen molar-refractivity contribution in [3.8, 4) is 0 Å². The Morgan fingerprint density at radius 2 is 2.47 bits per heavy atom. The molecule has 3 N–H and O–H groups in total. The molecule has 0 fully saturated rings. The first-order chi connectivity index (χ1) is 7.97. The summed E-state index contributed by atoms with van der Waals surface area (Å²) in [7, 11) is 2.82. The van der Waals surface area contributed by atoms with Crippen molar-refractivity contribution in [1.29, 1.82) is 0 Å². The Bertz CT molecular complexity index is 482. The lowest BCUT2D eigenvalue weighted by Crippen LogP contribution is -2.26. The number of hydrazone groups is 1. The molecule has 0 amide bonds. The summed E-state index contributed by atoms with van der Waals surface area (Å²) in [5.41, 5.74) is 7.50. The highest BCUT2D eigenvalue weighted by Crippen LogP contribution is 2.12. The van der Waals surface area contributed by atoms with E-state index in [1.807, 2.05) is 0 Å². The van der Waals surface area contributed by atoms with Crippen molar-refractivity contribution in [3.63, 3.8) is 0 Å². The molecule has 1 heterocycles. The van der Waals surface area contributed by atoms with E-state index in [0.717, 1.165) is 6.20 Å². The summed E-state index contributed by atoms with van der Waals surface area (Å²) in [5.74, 6) is 0.0384. The van der Waals surface area contributed by atoms with Crippen molar-refractivity contribution >= 4 is 29.0 Å². The number of methoxy groups -OCH3 is 1. The Morgan fingerprint density at radius 3 is 2.88 bits per heavy atom. The molecule has 17 heavy (non-hydrogen) atoms. The number of rotatable bonds is 3. The minimum atomic E-state index is -0.565. The maximum absolute atomic E-state index is 10.6. The number of imidazole rings is 1. The molecule has 0 aliphatic carbocycles. The molecule has 0 spiro atoms. The van der Waals surface area contributed by atoms with Gasteiger partial charge < -0.3 is 20.6 Å². The number of nitrogens with two attached hydrogens (primary N) is 1. The molecule has 0 saturated carbocycles. The normalized spacial score (nSPS) is 11.1. The molecule has 0 radical (unpaired) electrons. The van der Waals surface area contributed by atoms with Crippen LogP contribution in [0, 0.1) is 10.1 Å². The Hall–Kier alpha value is -2.23. The van der Waals surface area contributed by atoms with Gasteiger partial charge in [0.2, 0.25) is 0 Å². The highest BCUT2D eigenvalue weighted by molar-refractivity contribution is 7.80. The fraction of sp³-hybridized carbons (Fsp3) is 0.286. The van der Waals surface area contributed by atoms with Crippen LogP contribution in [-0.2, 0) is 11.8 Å². The van der Waals surface area contributed by atoms with Crippen molar-refractivity contribution in [2.45, 2.75) is 0 Å². The third kappa shape index (κ3) is 2.87. The van der Waals surface area contributed by atoms with Crippen LogP contribution in [0.4, 0.5) is 5.82 Å². The van der Waals surface area contributed by atoms with E-state index in [9.17, 15) is 10.1 Å². The maximum Gasteiger partial charge on any atom is 0.343 e. The van der Waals surface area contributed by atoms with E-state index < -0.39 is 4.92 Å². The van der Waals surface area contributed by atoms with Gasteiger partial charge in [0.05, 0.1) is 14.2 Å². The first kappa shape index (κ1) is 12.8. The van der Waals surface area contributed by atoms with Gasteiger partial charge in [-0.25, -0.2) is 9.55 Å². The van der Waals surface area contributed by atoms with Gasteiger partial charge in [-0.15, -0.1) is 5.10 Å². The number of aromatic nitrogens is 2. The molecule has 1 rings (SSSR count). The standard InChI is InChI=1S/C7H10N6O3S/c1-12-4(13(14)15)3-9-5(12)6(16-2)10-11-7(8)17/h3H,1-2H3,(H3,8,11,17). The molecular weight excluding hydrogens is 248 g/mol. The van der Waals surface area contributed by atoms with Crippen LogP contribution in [0.2, 0.25) is 0 Å². The van der Waals surface area contributed by atoms with E-state index in [0.29, 0.717) is 0 Å². The van der Waals surface area contributed by atoms with Gasteiger partial charge in [0.25, 0.3) is 11.7 Å². The van der Waals surface area contributed by atoms with Crippen molar-refractivity contribution < 1.29 is 9.66 Å². The number of thiocarbonyl (C=S) groups is 1. The molecule has 0 aliphatic rings. The van der Waals surface area contributed by atoms with Crippen LogP contribution in [0.1, 0.15) is 5.82 Å². The zero-order chi connectivity index (χ0) is 13.0. The van der Waals surface area contributed by atoms with Crippen molar-refractivity contribution in [2.75, 3.05) is 7.11 Å². The topological polar surface area (TPSA) is 121 Å². The maximum atomic E-state index is 10.6. The molecule has 0 saturated heterocycles. The van der Waals surface area contributed by atoms with Crippen LogP contribution in [0.15, 0.2) is 11.3 Å². The van der Waals surface area contributed by atoms with Gasteiger partial charge in [-0.2, -0.15) is 0 Å². The van der Waals surface area contributed by atoms with Gasteiger partial charge in [0, 0.05) is 0 Å². The Balaban J connectivity index is 3.09. The fourth-order valence-electron chi connectivity index (χ4n) is 1.06. The first-order valence-electron chi connectivity index (χ1n) is 4.31. The molecule has 0 bridgehead atoms.